The molecule has 0 saturated carbocycles. The average Bonchev–Trinajstić information content (AvgIpc) is 2.86. The Morgan fingerprint density at radius 2 is 1.73 bits per heavy atom. The van der Waals surface area contributed by atoms with Gasteiger partial charge in [-0.3, -0.25) is 14.7 Å². The van der Waals surface area contributed by atoms with Crippen LogP contribution in [0.5, 0.6) is 11.5 Å². The van der Waals surface area contributed by atoms with Crippen molar-refractivity contribution in [3.63, 3.8) is 0 Å². The molecule has 1 amide bonds. The van der Waals surface area contributed by atoms with Crippen molar-refractivity contribution >= 4 is 17.3 Å². The summed E-state index contributed by atoms with van der Waals surface area (Å²) in [5, 5.41) is 28.9. The Kier molecular flexibility index (Phi) is 5.19. The monoisotopic (exact) mass is 397 g/mol. The van der Waals surface area contributed by atoms with Crippen molar-refractivity contribution in [2.45, 2.75) is 12.5 Å². The molecule has 4 rings (SSSR count). The number of hydrogen-bond donors (Lipinski definition) is 2. The highest BCUT2D eigenvalue weighted by Gasteiger charge is 2.32. The minimum Gasteiger partial charge on any atom is -0.508 e. The smallest absolute Gasteiger partial charge is 0.253 e. The zero-order valence-electron chi connectivity index (χ0n) is 16.1. The molecule has 0 aromatic heterocycles. The number of para-hydroxylation sites is 1. The van der Waals surface area contributed by atoms with E-state index >= 15 is 0 Å². The van der Waals surface area contributed by atoms with Crippen LogP contribution in [0.15, 0.2) is 77.8 Å². The molecule has 3 aromatic rings. The van der Waals surface area contributed by atoms with Gasteiger partial charge in [0.1, 0.15) is 24.1 Å². The predicted molar refractivity (Wildman–Crippen MR) is 114 cm³/mol. The number of anilines is 1. The van der Waals surface area contributed by atoms with Gasteiger partial charge in [-0.2, -0.15) is 5.26 Å². The van der Waals surface area contributed by atoms with Crippen molar-refractivity contribution in [3.05, 3.63) is 89.5 Å². The van der Waals surface area contributed by atoms with E-state index in [2.05, 4.69) is 6.07 Å². The molecule has 0 aliphatic carbocycles. The summed E-state index contributed by atoms with van der Waals surface area (Å²) in [7, 11) is 0. The van der Waals surface area contributed by atoms with Crippen molar-refractivity contribution in [2.24, 2.45) is 4.99 Å². The van der Waals surface area contributed by atoms with Gasteiger partial charge in [0.25, 0.3) is 5.91 Å². The third-order valence-corrected chi connectivity index (χ3v) is 5.00. The molecule has 6 nitrogen and oxygen atoms in total. The Morgan fingerprint density at radius 1 is 0.967 bits per heavy atom. The van der Waals surface area contributed by atoms with E-state index in [0.29, 0.717) is 23.4 Å². The van der Waals surface area contributed by atoms with Gasteiger partial charge in [0, 0.05) is 17.5 Å². The Labute approximate surface area is 174 Å². The van der Waals surface area contributed by atoms with Crippen molar-refractivity contribution in [1.29, 1.82) is 5.26 Å². The van der Waals surface area contributed by atoms with E-state index < -0.39 is 6.04 Å². The number of aromatic hydroxyl groups is 2. The lowest BCUT2D eigenvalue weighted by atomic mass is 10.00. The third kappa shape index (κ3) is 3.74. The van der Waals surface area contributed by atoms with Gasteiger partial charge in [-0.1, -0.05) is 42.5 Å². The summed E-state index contributed by atoms with van der Waals surface area (Å²) in [5.74, 6) is -0.0205. The van der Waals surface area contributed by atoms with E-state index in [1.54, 1.807) is 48.5 Å². The normalized spacial score (nSPS) is 15.7. The van der Waals surface area contributed by atoms with Crippen LogP contribution in [0.3, 0.4) is 0 Å². The highest BCUT2D eigenvalue weighted by atomic mass is 16.3. The second-order valence-corrected chi connectivity index (χ2v) is 7.01. The van der Waals surface area contributed by atoms with E-state index in [1.807, 2.05) is 24.3 Å². The zero-order chi connectivity index (χ0) is 21.1. The largest absolute Gasteiger partial charge is 0.508 e. The van der Waals surface area contributed by atoms with Crippen LogP contribution in [0, 0.1) is 11.3 Å². The fourth-order valence-electron chi connectivity index (χ4n) is 3.59. The van der Waals surface area contributed by atoms with Gasteiger partial charge < -0.3 is 10.2 Å². The van der Waals surface area contributed by atoms with Crippen molar-refractivity contribution in [1.82, 2.24) is 0 Å². The van der Waals surface area contributed by atoms with Crippen LogP contribution in [0.1, 0.15) is 16.7 Å². The molecule has 1 aliphatic heterocycles. The van der Waals surface area contributed by atoms with Crippen LogP contribution >= 0.6 is 0 Å². The van der Waals surface area contributed by atoms with E-state index in [-0.39, 0.29) is 24.0 Å². The molecule has 30 heavy (non-hydrogen) atoms. The molecule has 2 N–H and O–H groups in total. The van der Waals surface area contributed by atoms with E-state index in [0.717, 1.165) is 11.1 Å². The number of phenolic OH excluding ortho intramolecular Hbond substituents is 2. The lowest BCUT2D eigenvalue weighted by Gasteiger charge is -2.22. The first-order valence-electron chi connectivity index (χ1n) is 9.49. The summed E-state index contributed by atoms with van der Waals surface area (Å²) < 4.78 is 0. The third-order valence-electron chi connectivity index (χ3n) is 5.00. The highest BCUT2D eigenvalue weighted by Crippen LogP contribution is 2.30. The van der Waals surface area contributed by atoms with Crippen LogP contribution in [-0.4, -0.2) is 34.4 Å². The minimum absolute atomic E-state index is 0.0925. The second kappa shape index (κ2) is 8.10. The molecule has 0 saturated heterocycles. The number of carbonyl (C=O) groups is 1. The number of nitriles is 1. The number of hydrogen-bond acceptors (Lipinski definition) is 5. The zero-order valence-corrected chi connectivity index (χ0v) is 16.1. The summed E-state index contributed by atoms with van der Waals surface area (Å²) in [5.41, 5.74) is 3.44. The van der Waals surface area contributed by atoms with Crippen molar-refractivity contribution < 1.29 is 15.0 Å². The molecule has 1 heterocycles. The minimum atomic E-state index is -0.757. The number of amides is 1. The predicted octanol–water partition coefficient (Wildman–Crippen LogP) is 3.42. The number of nitrogens with zero attached hydrogens (tertiary/aromatic N) is 3. The number of aliphatic imine (C=N–C) groups is 1. The second-order valence-electron chi connectivity index (χ2n) is 7.01. The molecule has 1 atom stereocenters. The van der Waals surface area contributed by atoms with Crippen LogP contribution < -0.4 is 4.90 Å². The van der Waals surface area contributed by atoms with Crippen molar-refractivity contribution in [2.75, 3.05) is 11.4 Å². The number of rotatable bonds is 4. The Balaban J connectivity index is 1.87. The molecule has 148 valence electrons. The molecular formula is C24H19N3O3. The van der Waals surface area contributed by atoms with Gasteiger partial charge in [-0.15, -0.1) is 0 Å². The van der Waals surface area contributed by atoms with E-state index in [1.165, 1.54) is 4.90 Å². The van der Waals surface area contributed by atoms with Crippen LogP contribution in [0.25, 0.3) is 0 Å². The van der Waals surface area contributed by atoms with Crippen LogP contribution in [0.2, 0.25) is 0 Å². The number of benzene rings is 3. The first kappa shape index (κ1) is 19.2. The quantitative estimate of drug-likeness (QED) is 0.659. The molecule has 0 bridgehead atoms. The summed E-state index contributed by atoms with van der Waals surface area (Å²) in [6.07, 6.45) is 0.317. The number of fused-ring (bicyclic) bond motifs is 1. The molecule has 1 unspecified atom stereocenters. The summed E-state index contributed by atoms with van der Waals surface area (Å²) >= 11 is 0. The van der Waals surface area contributed by atoms with Crippen LogP contribution in [-0.2, 0) is 11.2 Å². The molecule has 6 heteroatoms. The van der Waals surface area contributed by atoms with Gasteiger partial charge in [0.2, 0.25) is 0 Å². The van der Waals surface area contributed by atoms with Gasteiger partial charge >= 0.3 is 0 Å². The number of phenols is 2. The van der Waals surface area contributed by atoms with Gasteiger partial charge in [-0.05, 0) is 35.9 Å². The molecule has 0 spiro atoms. The molecular weight excluding hydrogens is 378 g/mol. The Hall–Kier alpha value is -4.11. The fraction of sp³-hybridized carbons (Fsp3) is 0.125. The van der Waals surface area contributed by atoms with Gasteiger partial charge in [-0.25, -0.2) is 0 Å². The Bertz CT molecular complexity index is 1160. The summed E-state index contributed by atoms with van der Waals surface area (Å²) in [4.78, 5) is 19.6. The Morgan fingerprint density at radius 3 is 2.47 bits per heavy atom. The lowest BCUT2D eigenvalue weighted by Crippen LogP contribution is -2.39. The van der Waals surface area contributed by atoms with Gasteiger partial charge in [0.15, 0.2) is 0 Å². The van der Waals surface area contributed by atoms with Gasteiger partial charge in [0.05, 0.1) is 17.5 Å². The molecule has 0 radical (unpaired) electrons. The number of benzodiazepines with no additional fused rings is 1. The standard InChI is InChI=1S/C24H19N3O3/c25-12-13-27-22-7-2-1-6-20(22)23(17-4-3-5-19(29)15-17)26-21(24(27)30)14-16-8-10-18(28)11-9-16/h1-11,15,21,28-29H,13-14H2. The van der Waals surface area contributed by atoms with E-state index in [4.69, 9.17) is 4.99 Å². The highest BCUT2D eigenvalue weighted by molar-refractivity contribution is 6.20. The maximum atomic E-state index is 13.4. The summed E-state index contributed by atoms with van der Waals surface area (Å²) in [6.45, 7) is -0.0925. The SMILES string of the molecule is N#CCN1C(=O)C(Cc2ccc(O)cc2)N=C(c2cccc(O)c2)c2ccccc21. The molecule has 0 fully saturated rings. The maximum absolute atomic E-state index is 13.4. The molecule has 1 aliphatic rings. The van der Waals surface area contributed by atoms with Crippen molar-refractivity contribution in [3.8, 4) is 17.6 Å². The number of carbonyl (C=O) groups excluding carboxylic acids is 1. The molecule has 3 aromatic carbocycles. The first-order chi connectivity index (χ1) is 14.6. The van der Waals surface area contributed by atoms with Crippen LogP contribution in [0.4, 0.5) is 5.69 Å². The maximum Gasteiger partial charge on any atom is 0.253 e. The summed E-state index contributed by atoms with van der Waals surface area (Å²) in [6, 6.07) is 22.0. The fourth-order valence-corrected chi connectivity index (χ4v) is 3.59. The average molecular weight is 397 g/mol. The topological polar surface area (TPSA) is 96.9 Å². The first-order valence-corrected chi connectivity index (χ1v) is 9.49. The van der Waals surface area contributed by atoms with E-state index in [9.17, 15) is 20.3 Å². The lowest BCUT2D eigenvalue weighted by molar-refractivity contribution is -0.119.